The van der Waals surface area contributed by atoms with E-state index in [2.05, 4.69) is 6.07 Å². The predicted octanol–water partition coefficient (Wildman–Crippen LogP) is 2.95. The fraction of sp³-hybridized carbons (Fsp3) is 0.462. The molecule has 0 amide bonds. The minimum Gasteiger partial charge on any atom is -0.298 e. The van der Waals surface area contributed by atoms with Gasteiger partial charge in [-0.05, 0) is 31.2 Å². The molecule has 0 aromatic heterocycles. The van der Waals surface area contributed by atoms with Crippen molar-refractivity contribution >= 4 is 0 Å². The number of halogens is 2. The van der Waals surface area contributed by atoms with Crippen molar-refractivity contribution < 1.29 is 8.78 Å². The smallest absolute Gasteiger partial charge is 0.159 e. The molecule has 1 rings (SSSR count). The second-order valence-electron chi connectivity index (χ2n) is 4.11. The van der Waals surface area contributed by atoms with Crippen LogP contribution in [-0.2, 0) is 6.54 Å². The molecule has 2 nitrogen and oxygen atoms in total. The van der Waals surface area contributed by atoms with Gasteiger partial charge in [0.15, 0.2) is 11.6 Å². The molecular formula is C13H16F2N2. The molecule has 0 heterocycles. The molecule has 0 spiro atoms. The second kappa shape index (κ2) is 6.31. The highest BCUT2D eigenvalue weighted by molar-refractivity contribution is 5.17. The molecule has 0 aliphatic rings. The SMILES string of the molecule is CCN(Cc1ccc(F)c(F)c1)CC(C)C#N. The van der Waals surface area contributed by atoms with Crippen LogP contribution in [0.15, 0.2) is 18.2 Å². The Morgan fingerprint density at radius 3 is 2.59 bits per heavy atom. The van der Waals surface area contributed by atoms with Crippen molar-refractivity contribution in [3.8, 4) is 6.07 Å². The largest absolute Gasteiger partial charge is 0.298 e. The summed E-state index contributed by atoms with van der Waals surface area (Å²) in [6.45, 7) is 5.74. The first-order valence-corrected chi connectivity index (χ1v) is 5.62. The lowest BCUT2D eigenvalue weighted by Gasteiger charge is -2.21. The van der Waals surface area contributed by atoms with Gasteiger partial charge in [-0.2, -0.15) is 5.26 Å². The molecule has 92 valence electrons. The van der Waals surface area contributed by atoms with Gasteiger partial charge >= 0.3 is 0 Å². The summed E-state index contributed by atoms with van der Waals surface area (Å²) >= 11 is 0. The van der Waals surface area contributed by atoms with Crippen LogP contribution in [0.3, 0.4) is 0 Å². The van der Waals surface area contributed by atoms with Gasteiger partial charge in [0.1, 0.15) is 0 Å². The molecule has 0 saturated heterocycles. The van der Waals surface area contributed by atoms with Crippen molar-refractivity contribution in [2.75, 3.05) is 13.1 Å². The Labute approximate surface area is 100 Å². The first-order chi connectivity index (χ1) is 8.06. The molecule has 1 aromatic rings. The summed E-state index contributed by atoms with van der Waals surface area (Å²) in [6, 6.07) is 6.06. The van der Waals surface area contributed by atoms with E-state index < -0.39 is 11.6 Å². The van der Waals surface area contributed by atoms with Crippen LogP contribution in [0.1, 0.15) is 19.4 Å². The molecule has 0 fully saturated rings. The molecule has 0 saturated carbocycles. The van der Waals surface area contributed by atoms with Crippen LogP contribution >= 0.6 is 0 Å². The Bertz CT molecular complexity index is 412. The molecule has 17 heavy (non-hydrogen) atoms. The predicted molar refractivity (Wildman–Crippen MR) is 62.1 cm³/mol. The number of rotatable bonds is 5. The topological polar surface area (TPSA) is 27.0 Å². The maximum Gasteiger partial charge on any atom is 0.159 e. The first kappa shape index (κ1) is 13.6. The molecule has 1 unspecified atom stereocenters. The standard InChI is InChI=1S/C13H16F2N2/c1-3-17(8-10(2)7-16)9-11-4-5-12(14)13(15)6-11/h4-6,10H,3,8-9H2,1-2H3. The molecule has 0 radical (unpaired) electrons. The average molecular weight is 238 g/mol. The van der Waals surface area contributed by atoms with E-state index >= 15 is 0 Å². The average Bonchev–Trinajstić information content (AvgIpc) is 2.32. The van der Waals surface area contributed by atoms with E-state index in [1.165, 1.54) is 6.07 Å². The zero-order valence-electron chi connectivity index (χ0n) is 10.1. The fourth-order valence-corrected chi connectivity index (χ4v) is 1.63. The Morgan fingerprint density at radius 2 is 2.06 bits per heavy atom. The summed E-state index contributed by atoms with van der Waals surface area (Å²) in [5.41, 5.74) is 0.718. The zero-order chi connectivity index (χ0) is 12.8. The van der Waals surface area contributed by atoms with E-state index in [9.17, 15) is 8.78 Å². The molecule has 1 aromatic carbocycles. The van der Waals surface area contributed by atoms with Gasteiger partial charge in [0.2, 0.25) is 0 Å². The minimum atomic E-state index is -0.831. The number of benzene rings is 1. The van der Waals surface area contributed by atoms with Crippen LogP contribution in [0, 0.1) is 28.9 Å². The van der Waals surface area contributed by atoms with Gasteiger partial charge in [-0.15, -0.1) is 0 Å². The highest BCUT2D eigenvalue weighted by atomic mass is 19.2. The number of hydrogen-bond donors (Lipinski definition) is 0. The summed E-state index contributed by atoms with van der Waals surface area (Å²) in [5.74, 6) is -1.73. The van der Waals surface area contributed by atoms with E-state index in [0.29, 0.717) is 13.1 Å². The molecule has 0 N–H and O–H groups in total. The van der Waals surface area contributed by atoms with Crippen LogP contribution in [0.5, 0.6) is 0 Å². The van der Waals surface area contributed by atoms with E-state index in [-0.39, 0.29) is 5.92 Å². The Kier molecular flexibility index (Phi) is 5.05. The van der Waals surface area contributed by atoms with E-state index in [0.717, 1.165) is 18.2 Å². The van der Waals surface area contributed by atoms with Crippen molar-refractivity contribution in [1.82, 2.24) is 4.90 Å². The number of hydrogen-bond acceptors (Lipinski definition) is 2. The van der Waals surface area contributed by atoms with Crippen LogP contribution in [0.2, 0.25) is 0 Å². The summed E-state index contributed by atoms with van der Waals surface area (Å²) < 4.78 is 25.8. The third-order valence-electron chi connectivity index (χ3n) is 2.59. The Hall–Kier alpha value is -1.47. The maximum absolute atomic E-state index is 13.0. The minimum absolute atomic E-state index is 0.0692. The van der Waals surface area contributed by atoms with Gasteiger partial charge in [0.05, 0.1) is 12.0 Å². The van der Waals surface area contributed by atoms with Crippen LogP contribution < -0.4 is 0 Å². The van der Waals surface area contributed by atoms with E-state index in [1.807, 2.05) is 18.7 Å². The zero-order valence-corrected chi connectivity index (χ0v) is 10.1. The van der Waals surface area contributed by atoms with E-state index in [1.54, 1.807) is 6.07 Å². The number of nitriles is 1. The first-order valence-electron chi connectivity index (χ1n) is 5.62. The molecule has 4 heteroatoms. The molecular weight excluding hydrogens is 222 g/mol. The van der Waals surface area contributed by atoms with Gasteiger partial charge in [0.25, 0.3) is 0 Å². The maximum atomic E-state index is 13.0. The highest BCUT2D eigenvalue weighted by Gasteiger charge is 2.10. The molecule has 0 bridgehead atoms. The molecule has 0 aliphatic heterocycles. The summed E-state index contributed by atoms with van der Waals surface area (Å²) in [4.78, 5) is 2.03. The van der Waals surface area contributed by atoms with Gasteiger partial charge in [0, 0.05) is 13.1 Å². The van der Waals surface area contributed by atoms with Crippen LogP contribution in [0.25, 0.3) is 0 Å². The van der Waals surface area contributed by atoms with Crippen molar-refractivity contribution in [3.05, 3.63) is 35.4 Å². The third kappa shape index (κ3) is 4.12. The summed E-state index contributed by atoms with van der Waals surface area (Å²) in [5, 5.41) is 8.74. The molecule has 0 aliphatic carbocycles. The van der Waals surface area contributed by atoms with Crippen molar-refractivity contribution in [2.45, 2.75) is 20.4 Å². The molecule has 1 atom stereocenters. The number of nitrogens with zero attached hydrogens (tertiary/aromatic N) is 2. The monoisotopic (exact) mass is 238 g/mol. The van der Waals surface area contributed by atoms with Crippen LogP contribution in [0.4, 0.5) is 8.78 Å². The Morgan fingerprint density at radius 1 is 1.35 bits per heavy atom. The lowest BCUT2D eigenvalue weighted by molar-refractivity contribution is 0.260. The second-order valence-corrected chi connectivity index (χ2v) is 4.11. The van der Waals surface area contributed by atoms with Crippen molar-refractivity contribution in [2.24, 2.45) is 5.92 Å². The third-order valence-corrected chi connectivity index (χ3v) is 2.59. The van der Waals surface area contributed by atoms with Gasteiger partial charge in [-0.3, -0.25) is 4.90 Å². The summed E-state index contributed by atoms with van der Waals surface area (Å²) in [7, 11) is 0. The Balaban J connectivity index is 2.67. The van der Waals surface area contributed by atoms with Crippen molar-refractivity contribution in [1.29, 1.82) is 5.26 Å². The summed E-state index contributed by atoms with van der Waals surface area (Å²) in [6.07, 6.45) is 0. The fourth-order valence-electron chi connectivity index (χ4n) is 1.63. The lowest BCUT2D eigenvalue weighted by atomic mass is 10.1. The van der Waals surface area contributed by atoms with E-state index in [4.69, 9.17) is 5.26 Å². The van der Waals surface area contributed by atoms with Gasteiger partial charge in [-0.1, -0.05) is 13.0 Å². The quantitative estimate of drug-likeness (QED) is 0.788. The highest BCUT2D eigenvalue weighted by Crippen LogP contribution is 2.11. The normalized spacial score (nSPS) is 12.5. The van der Waals surface area contributed by atoms with Crippen LogP contribution in [-0.4, -0.2) is 18.0 Å². The van der Waals surface area contributed by atoms with Gasteiger partial charge < -0.3 is 0 Å². The van der Waals surface area contributed by atoms with Crippen molar-refractivity contribution in [3.63, 3.8) is 0 Å². The lowest BCUT2D eigenvalue weighted by Crippen LogP contribution is -2.27. The van der Waals surface area contributed by atoms with Gasteiger partial charge in [-0.25, -0.2) is 8.78 Å².